The molecule has 2 N–H and O–H groups in total. The van der Waals surface area contributed by atoms with Crippen LogP contribution in [0.3, 0.4) is 0 Å². The molecule has 1 aromatic rings. The van der Waals surface area contributed by atoms with Gasteiger partial charge < -0.3 is 10.2 Å². The van der Waals surface area contributed by atoms with Gasteiger partial charge in [0, 0.05) is 11.5 Å². The van der Waals surface area contributed by atoms with Crippen LogP contribution in [0.5, 0.6) is 0 Å². The van der Waals surface area contributed by atoms with Gasteiger partial charge in [-0.1, -0.05) is 35.4 Å². The Morgan fingerprint density at radius 2 is 2.06 bits per heavy atom. The standard InChI is InChI=1S/C12H12Cl2O3S/c13-9-5-8(11(14)18-9)10(15)6-3-1-2-4-7(6)12(16)17/h1-2,5-7,10,15H,3-4H2,(H,16,17). The number of rotatable bonds is 3. The summed E-state index contributed by atoms with van der Waals surface area (Å²) in [6.07, 6.45) is 3.81. The Morgan fingerprint density at radius 3 is 2.61 bits per heavy atom. The monoisotopic (exact) mass is 306 g/mol. The van der Waals surface area contributed by atoms with E-state index in [4.69, 9.17) is 23.2 Å². The molecule has 1 aromatic heterocycles. The number of hydrogen-bond acceptors (Lipinski definition) is 3. The van der Waals surface area contributed by atoms with Crippen molar-refractivity contribution in [2.45, 2.75) is 18.9 Å². The van der Waals surface area contributed by atoms with Crippen LogP contribution in [-0.4, -0.2) is 16.2 Å². The third-order valence-corrected chi connectivity index (χ3v) is 4.72. The molecule has 0 aliphatic heterocycles. The van der Waals surface area contributed by atoms with Crippen LogP contribution in [0.1, 0.15) is 24.5 Å². The molecule has 3 atom stereocenters. The summed E-state index contributed by atoms with van der Waals surface area (Å²) in [5.41, 5.74) is 0.526. The van der Waals surface area contributed by atoms with Crippen molar-refractivity contribution in [2.24, 2.45) is 11.8 Å². The second-order valence-corrected chi connectivity index (χ2v) is 6.56. The number of halogens is 2. The molecule has 1 aliphatic carbocycles. The van der Waals surface area contributed by atoms with E-state index in [2.05, 4.69) is 0 Å². The number of aliphatic carboxylic acids is 1. The molecule has 0 aromatic carbocycles. The van der Waals surface area contributed by atoms with Crippen molar-refractivity contribution in [1.29, 1.82) is 0 Å². The van der Waals surface area contributed by atoms with E-state index in [1.54, 1.807) is 6.07 Å². The quantitative estimate of drug-likeness (QED) is 0.836. The summed E-state index contributed by atoms with van der Waals surface area (Å²) < 4.78 is 0.915. The molecule has 0 saturated carbocycles. The number of aliphatic hydroxyl groups is 1. The first-order chi connectivity index (χ1) is 8.50. The Labute approximate surface area is 119 Å². The molecule has 0 saturated heterocycles. The SMILES string of the molecule is O=C(O)C1CC=CCC1C(O)c1cc(Cl)sc1Cl. The Balaban J connectivity index is 2.26. The predicted octanol–water partition coefficient (Wildman–Crippen LogP) is 3.76. The first-order valence-electron chi connectivity index (χ1n) is 5.51. The Kier molecular flexibility index (Phi) is 4.33. The van der Waals surface area contributed by atoms with E-state index in [1.165, 1.54) is 11.3 Å². The van der Waals surface area contributed by atoms with Crippen LogP contribution in [0, 0.1) is 11.8 Å². The molecule has 0 spiro atoms. The third kappa shape index (κ3) is 2.72. The number of aliphatic hydroxyl groups excluding tert-OH is 1. The fourth-order valence-corrected chi connectivity index (χ4v) is 3.79. The zero-order valence-corrected chi connectivity index (χ0v) is 11.7. The Hall–Kier alpha value is -0.550. The fraction of sp³-hybridized carbons (Fsp3) is 0.417. The Morgan fingerprint density at radius 1 is 1.39 bits per heavy atom. The summed E-state index contributed by atoms with van der Waals surface area (Å²) >= 11 is 13.0. The van der Waals surface area contributed by atoms with Crippen LogP contribution in [0.25, 0.3) is 0 Å². The van der Waals surface area contributed by atoms with Crippen LogP contribution in [-0.2, 0) is 4.79 Å². The minimum absolute atomic E-state index is 0.365. The molecule has 0 fully saturated rings. The zero-order valence-electron chi connectivity index (χ0n) is 9.35. The van der Waals surface area contributed by atoms with E-state index in [0.29, 0.717) is 27.1 Å². The lowest BCUT2D eigenvalue weighted by Gasteiger charge is -2.29. The van der Waals surface area contributed by atoms with E-state index in [0.717, 1.165) is 0 Å². The number of carboxylic acids is 1. The molecule has 0 amide bonds. The van der Waals surface area contributed by atoms with Gasteiger partial charge in [0.2, 0.25) is 0 Å². The molecule has 2 rings (SSSR count). The summed E-state index contributed by atoms with van der Waals surface area (Å²) in [4.78, 5) is 11.2. The maximum atomic E-state index is 11.2. The largest absolute Gasteiger partial charge is 0.481 e. The zero-order chi connectivity index (χ0) is 13.3. The number of carboxylic acid groups (broad SMARTS) is 1. The Bertz CT molecular complexity index is 484. The highest BCUT2D eigenvalue weighted by Gasteiger charge is 2.35. The highest BCUT2D eigenvalue weighted by Crippen LogP contribution is 2.42. The number of carbonyl (C=O) groups is 1. The molecule has 3 nitrogen and oxygen atoms in total. The smallest absolute Gasteiger partial charge is 0.307 e. The first-order valence-corrected chi connectivity index (χ1v) is 7.08. The third-order valence-electron chi connectivity index (χ3n) is 3.21. The van der Waals surface area contributed by atoms with Crippen molar-refractivity contribution in [3.05, 3.63) is 32.5 Å². The minimum Gasteiger partial charge on any atom is -0.481 e. The summed E-state index contributed by atoms with van der Waals surface area (Å²) in [6, 6.07) is 1.61. The van der Waals surface area contributed by atoms with Gasteiger partial charge in [0.15, 0.2) is 0 Å². The highest BCUT2D eigenvalue weighted by molar-refractivity contribution is 7.20. The van der Waals surface area contributed by atoms with Crippen molar-refractivity contribution in [1.82, 2.24) is 0 Å². The van der Waals surface area contributed by atoms with Crippen molar-refractivity contribution < 1.29 is 15.0 Å². The van der Waals surface area contributed by atoms with Crippen molar-refractivity contribution in [3.8, 4) is 0 Å². The van der Waals surface area contributed by atoms with Gasteiger partial charge in [0.05, 0.1) is 16.4 Å². The molecular weight excluding hydrogens is 295 g/mol. The lowest BCUT2D eigenvalue weighted by molar-refractivity contribution is -0.145. The van der Waals surface area contributed by atoms with Crippen molar-refractivity contribution in [3.63, 3.8) is 0 Å². The van der Waals surface area contributed by atoms with Crippen molar-refractivity contribution >= 4 is 40.5 Å². The van der Waals surface area contributed by atoms with Gasteiger partial charge in [-0.2, -0.15) is 0 Å². The number of hydrogen-bond donors (Lipinski definition) is 2. The molecule has 0 radical (unpaired) electrons. The molecule has 98 valence electrons. The normalized spacial score (nSPS) is 25.1. The average molecular weight is 307 g/mol. The lowest BCUT2D eigenvalue weighted by atomic mass is 9.78. The number of allylic oxidation sites excluding steroid dienone is 2. The van der Waals surface area contributed by atoms with Gasteiger partial charge in [0.25, 0.3) is 0 Å². The first kappa shape index (κ1) is 13.9. The van der Waals surface area contributed by atoms with Gasteiger partial charge in [0.1, 0.15) is 4.34 Å². The van der Waals surface area contributed by atoms with Gasteiger partial charge in [-0.25, -0.2) is 0 Å². The summed E-state index contributed by atoms with van der Waals surface area (Å²) in [6.45, 7) is 0. The second-order valence-electron chi connectivity index (χ2n) is 4.28. The molecule has 1 aliphatic rings. The highest BCUT2D eigenvalue weighted by atomic mass is 35.5. The van der Waals surface area contributed by atoms with Gasteiger partial charge in [-0.15, -0.1) is 11.3 Å². The van der Waals surface area contributed by atoms with Crippen LogP contribution in [0.15, 0.2) is 18.2 Å². The van der Waals surface area contributed by atoms with E-state index >= 15 is 0 Å². The molecule has 6 heteroatoms. The maximum absolute atomic E-state index is 11.2. The van der Waals surface area contributed by atoms with Crippen LogP contribution < -0.4 is 0 Å². The second kappa shape index (κ2) is 5.61. The molecule has 18 heavy (non-hydrogen) atoms. The topological polar surface area (TPSA) is 57.5 Å². The maximum Gasteiger partial charge on any atom is 0.307 e. The molecule has 3 unspecified atom stereocenters. The van der Waals surface area contributed by atoms with E-state index in [1.807, 2.05) is 12.2 Å². The van der Waals surface area contributed by atoms with Gasteiger partial charge in [-0.05, 0) is 18.9 Å². The summed E-state index contributed by atoms with van der Waals surface area (Å²) in [7, 11) is 0. The van der Waals surface area contributed by atoms with E-state index in [9.17, 15) is 15.0 Å². The molecule has 0 bridgehead atoms. The minimum atomic E-state index is -0.896. The summed E-state index contributed by atoms with van der Waals surface area (Å²) in [5.74, 6) is -1.84. The number of thiophene rings is 1. The van der Waals surface area contributed by atoms with Crippen LogP contribution >= 0.6 is 34.5 Å². The van der Waals surface area contributed by atoms with E-state index in [-0.39, 0.29) is 5.92 Å². The van der Waals surface area contributed by atoms with Crippen LogP contribution in [0.4, 0.5) is 0 Å². The molecular formula is C12H12Cl2O3S. The summed E-state index contributed by atoms with van der Waals surface area (Å²) in [5, 5.41) is 19.5. The van der Waals surface area contributed by atoms with E-state index < -0.39 is 18.0 Å². The average Bonchev–Trinajstić information content (AvgIpc) is 2.67. The predicted molar refractivity (Wildman–Crippen MR) is 72.3 cm³/mol. The van der Waals surface area contributed by atoms with Gasteiger partial charge in [-0.3, -0.25) is 4.79 Å². The fourth-order valence-electron chi connectivity index (χ4n) is 2.25. The van der Waals surface area contributed by atoms with Crippen LogP contribution in [0.2, 0.25) is 8.67 Å². The lowest BCUT2D eigenvalue weighted by Crippen LogP contribution is -2.29. The van der Waals surface area contributed by atoms with Gasteiger partial charge >= 0.3 is 5.97 Å². The molecule has 1 heterocycles. The van der Waals surface area contributed by atoms with Crippen molar-refractivity contribution in [2.75, 3.05) is 0 Å².